The summed E-state index contributed by atoms with van der Waals surface area (Å²) in [6.45, 7) is 4.66. The van der Waals surface area contributed by atoms with Crippen LogP contribution >= 0.6 is 0 Å². The van der Waals surface area contributed by atoms with Crippen LogP contribution in [0.1, 0.15) is 58.3 Å². The lowest BCUT2D eigenvalue weighted by Crippen LogP contribution is -2.24. The molecule has 0 aromatic rings. The summed E-state index contributed by atoms with van der Waals surface area (Å²) in [7, 11) is 0. The number of unbranched alkanes of at least 4 members (excludes halogenated alkanes) is 7. The molecule has 0 unspecified atom stereocenters. The molecule has 0 rings (SSSR count). The standard InChI is InChI=1S/C14H30N2O2/c1-2-3-4-5-6-7-8-9-10-16-11-12-18-13-14(15)17/h16H,2-13H2,1H3,(H2,15,17). The molecule has 4 nitrogen and oxygen atoms in total. The molecule has 1 amide bonds. The number of carbonyl (C=O) groups is 1. The highest BCUT2D eigenvalue weighted by Crippen LogP contribution is 2.07. The molecule has 0 aromatic carbocycles. The molecule has 18 heavy (non-hydrogen) atoms. The molecule has 0 saturated carbocycles. The van der Waals surface area contributed by atoms with Crippen LogP contribution in [0, 0.1) is 0 Å². The molecule has 0 bridgehead atoms. The third-order valence-electron chi connectivity index (χ3n) is 2.87. The van der Waals surface area contributed by atoms with Gasteiger partial charge in [-0.05, 0) is 13.0 Å². The molecular formula is C14H30N2O2. The van der Waals surface area contributed by atoms with Gasteiger partial charge in [-0.3, -0.25) is 4.79 Å². The van der Waals surface area contributed by atoms with Crippen molar-refractivity contribution in [2.45, 2.75) is 58.3 Å². The molecule has 0 fully saturated rings. The molecule has 0 atom stereocenters. The Morgan fingerprint density at radius 2 is 1.61 bits per heavy atom. The van der Waals surface area contributed by atoms with Crippen LogP contribution in [0.2, 0.25) is 0 Å². The number of ether oxygens (including phenoxy) is 1. The Balaban J connectivity index is 2.92. The Morgan fingerprint density at radius 3 is 2.22 bits per heavy atom. The average Bonchev–Trinajstić information content (AvgIpc) is 2.34. The van der Waals surface area contributed by atoms with Crippen LogP contribution in [0.25, 0.3) is 0 Å². The van der Waals surface area contributed by atoms with Crippen LogP contribution in [0.5, 0.6) is 0 Å². The van der Waals surface area contributed by atoms with Crippen LogP contribution in [0.3, 0.4) is 0 Å². The van der Waals surface area contributed by atoms with Gasteiger partial charge < -0.3 is 15.8 Å². The van der Waals surface area contributed by atoms with Crippen molar-refractivity contribution in [3.63, 3.8) is 0 Å². The number of rotatable bonds is 14. The molecule has 0 saturated heterocycles. The normalized spacial score (nSPS) is 10.7. The molecule has 0 spiro atoms. The zero-order valence-electron chi connectivity index (χ0n) is 11.9. The molecule has 4 heteroatoms. The van der Waals surface area contributed by atoms with Gasteiger partial charge in [-0.1, -0.05) is 51.9 Å². The first-order chi connectivity index (χ1) is 8.77. The molecule has 0 aliphatic rings. The Kier molecular flexibility index (Phi) is 14.0. The fourth-order valence-electron chi connectivity index (χ4n) is 1.83. The quantitative estimate of drug-likeness (QED) is 0.470. The summed E-state index contributed by atoms with van der Waals surface area (Å²) in [5, 5.41) is 3.29. The predicted molar refractivity (Wildman–Crippen MR) is 75.5 cm³/mol. The van der Waals surface area contributed by atoms with Gasteiger partial charge in [-0.25, -0.2) is 0 Å². The van der Waals surface area contributed by atoms with Crippen molar-refractivity contribution < 1.29 is 9.53 Å². The van der Waals surface area contributed by atoms with E-state index < -0.39 is 5.91 Å². The average molecular weight is 258 g/mol. The highest BCUT2D eigenvalue weighted by atomic mass is 16.5. The van der Waals surface area contributed by atoms with E-state index in [1.807, 2.05) is 0 Å². The van der Waals surface area contributed by atoms with Gasteiger partial charge in [-0.15, -0.1) is 0 Å². The topological polar surface area (TPSA) is 64.3 Å². The highest BCUT2D eigenvalue weighted by Gasteiger charge is 1.94. The van der Waals surface area contributed by atoms with Crippen LogP contribution in [0.4, 0.5) is 0 Å². The van der Waals surface area contributed by atoms with E-state index in [1.54, 1.807) is 0 Å². The largest absolute Gasteiger partial charge is 0.370 e. The third kappa shape index (κ3) is 15.4. The van der Waals surface area contributed by atoms with Crippen molar-refractivity contribution in [2.75, 3.05) is 26.3 Å². The van der Waals surface area contributed by atoms with Crippen molar-refractivity contribution in [1.29, 1.82) is 0 Å². The van der Waals surface area contributed by atoms with Crippen LogP contribution < -0.4 is 11.1 Å². The van der Waals surface area contributed by atoms with Gasteiger partial charge >= 0.3 is 0 Å². The maximum absolute atomic E-state index is 10.4. The lowest BCUT2D eigenvalue weighted by atomic mass is 10.1. The summed E-state index contributed by atoms with van der Waals surface area (Å²) in [5.41, 5.74) is 4.95. The number of nitrogens with two attached hydrogens (primary N) is 1. The van der Waals surface area contributed by atoms with E-state index in [4.69, 9.17) is 10.5 Å². The zero-order valence-corrected chi connectivity index (χ0v) is 11.9. The molecule has 0 aliphatic carbocycles. The summed E-state index contributed by atoms with van der Waals surface area (Å²) in [4.78, 5) is 10.4. The Morgan fingerprint density at radius 1 is 1.00 bits per heavy atom. The molecular weight excluding hydrogens is 228 g/mol. The van der Waals surface area contributed by atoms with Gasteiger partial charge in [0.15, 0.2) is 0 Å². The molecule has 0 aliphatic heterocycles. The van der Waals surface area contributed by atoms with Crippen molar-refractivity contribution >= 4 is 5.91 Å². The molecule has 3 N–H and O–H groups in total. The van der Waals surface area contributed by atoms with E-state index in [-0.39, 0.29) is 6.61 Å². The van der Waals surface area contributed by atoms with E-state index in [9.17, 15) is 4.79 Å². The van der Waals surface area contributed by atoms with Crippen molar-refractivity contribution in [2.24, 2.45) is 5.73 Å². The molecule has 0 heterocycles. The predicted octanol–water partition coefficient (Wildman–Crippen LogP) is 2.22. The van der Waals surface area contributed by atoms with Gasteiger partial charge in [0.2, 0.25) is 5.91 Å². The minimum Gasteiger partial charge on any atom is -0.370 e. The maximum atomic E-state index is 10.4. The number of primary amides is 1. The summed E-state index contributed by atoms with van der Waals surface area (Å²) in [5.74, 6) is -0.405. The van der Waals surface area contributed by atoms with E-state index in [2.05, 4.69) is 12.2 Å². The first-order valence-electron chi connectivity index (χ1n) is 7.34. The smallest absolute Gasteiger partial charge is 0.243 e. The van der Waals surface area contributed by atoms with Crippen LogP contribution in [-0.2, 0) is 9.53 Å². The van der Waals surface area contributed by atoms with Crippen LogP contribution in [-0.4, -0.2) is 32.2 Å². The SMILES string of the molecule is CCCCCCCCCCNCCOCC(N)=O. The van der Waals surface area contributed by atoms with Gasteiger partial charge in [0.1, 0.15) is 6.61 Å². The van der Waals surface area contributed by atoms with E-state index in [0.29, 0.717) is 6.61 Å². The summed E-state index contributed by atoms with van der Waals surface area (Å²) in [6.07, 6.45) is 10.7. The Bertz CT molecular complexity index is 187. The number of amides is 1. The number of nitrogens with one attached hydrogen (secondary N) is 1. The van der Waals surface area contributed by atoms with Crippen LogP contribution in [0.15, 0.2) is 0 Å². The van der Waals surface area contributed by atoms with Crippen molar-refractivity contribution in [1.82, 2.24) is 5.32 Å². The second-order valence-electron chi connectivity index (χ2n) is 4.74. The minimum atomic E-state index is -0.405. The van der Waals surface area contributed by atoms with E-state index >= 15 is 0 Å². The van der Waals surface area contributed by atoms with E-state index in [1.165, 1.54) is 51.4 Å². The number of hydrogen-bond donors (Lipinski definition) is 2. The van der Waals surface area contributed by atoms with Gasteiger partial charge in [0.25, 0.3) is 0 Å². The monoisotopic (exact) mass is 258 g/mol. The second kappa shape index (κ2) is 14.5. The molecule has 0 aromatic heterocycles. The summed E-state index contributed by atoms with van der Waals surface area (Å²) < 4.78 is 5.04. The maximum Gasteiger partial charge on any atom is 0.243 e. The summed E-state index contributed by atoms with van der Waals surface area (Å²) >= 11 is 0. The number of hydrogen-bond acceptors (Lipinski definition) is 3. The number of carbonyl (C=O) groups excluding carboxylic acids is 1. The zero-order chi connectivity index (χ0) is 13.5. The van der Waals surface area contributed by atoms with E-state index in [0.717, 1.165) is 13.1 Å². The van der Waals surface area contributed by atoms with Gasteiger partial charge in [0, 0.05) is 6.54 Å². The van der Waals surface area contributed by atoms with Gasteiger partial charge in [-0.2, -0.15) is 0 Å². The highest BCUT2D eigenvalue weighted by molar-refractivity contribution is 5.74. The minimum absolute atomic E-state index is 0.0272. The first kappa shape index (κ1) is 17.4. The molecule has 0 radical (unpaired) electrons. The van der Waals surface area contributed by atoms with Crippen molar-refractivity contribution in [3.8, 4) is 0 Å². The van der Waals surface area contributed by atoms with Crippen molar-refractivity contribution in [3.05, 3.63) is 0 Å². The lowest BCUT2D eigenvalue weighted by Gasteiger charge is -2.05. The fourth-order valence-corrected chi connectivity index (χ4v) is 1.83. The molecule has 108 valence electrons. The second-order valence-corrected chi connectivity index (χ2v) is 4.74. The first-order valence-corrected chi connectivity index (χ1v) is 7.34. The summed E-state index contributed by atoms with van der Waals surface area (Å²) in [6, 6.07) is 0. The fraction of sp³-hybridized carbons (Fsp3) is 0.929. The third-order valence-corrected chi connectivity index (χ3v) is 2.87. The Labute approximate surface area is 112 Å². The van der Waals surface area contributed by atoms with Gasteiger partial charge in [0.05, 0.1) is 6.61 Å². The Hall–Kier alpha value is -0.610. The lowest BCUT2D eigenvalue weighted by molar-refractivity contribution is -0.122.